The van der Waals surface area contributed by atoms with Crippen molar-refractivity contribution in [2.24, 2.45) is 0 Å². The van der Waals surface area contributed by atoms with Crippen molar-refractivity contribution in [2.45, 2.75) is 20.0 Å². The summed E-state index contributed by atoms with van der Waals surface area (Å²) in [6.45, 7) is 3.71. The summed E-state index contributed by atoms with van der Waals surface area (Å²) in [5, 5.41) is 5.44. The van der Waals surface area contributed by atoms with Crippen LogP contribution < -0.4 is 5.63 Å². The number of hydrogen-bond acceptors (Lipinski definition) is 4. The maximum absolute atomic E-state index is 12.0. The molecule has 0 saturated carbocycles. The third-order valence-corrected chi connectivity index (χ3v) is 5.54. The van der Waals surface area contributed by atoms with Crippen molar-refractivity contribution in [1.29, 1.82) is 0 Å². The number of benzene rings is 2. The van der Waals surface area contributed by atoms with Gasteiger partial charge in [0, 0.05) is 29.4 Å². The maximum Gasteiger partial charge on any atom is 0.336 e. The van der Waals surface area contributed by atoms with Crippen molar-refractivity contribution >= 4 is 33.1 Å². The molecule has 0 bridgehead atoms. The predicted octanol–water partition coefficient (Wildman–Crippen LogP) is 4.95. The van der Waals surface area contributed by atoms with E-state index in [1.807, 2.05) is 24.3 Å². The second-order valence-corrected chi connectivity index (χ2v) is 7.45. The van der Waals surface area contributed by atoms with Gasteiger partial charge in [-0.05, 0) is 53.4 Å². The SMILES string of the molecule is Cc1ccsc1CN(C)Cc1cc(=O)oc2ccc3ccccc3c12. The van der Waals surface area contributed by atoms with E-state index in [9.17, 15) is 4.79 Å². The zero-order chi connectivity index (χ0) is 17.4. The van der Waals surface area contributed by atoms with Gasteiger partial charge in [-0.25, -0.2) is 4.79 Å². The molecule has 25 heavy (non-hydrogen) atoms. The highest BCUT2D eigenvalue weighted by Gasteiger charge is 2.12. The van der Waals surface area contributed by atoms with E-state index in [4.69, 9.17) is 4.42 Å². The lowest BCUT2D eigenvalue weighted by Crippen LogP contribution is -2.18. The second kappa shape index (κ2) is 6.47. The molecule has 0 N–H and O–H groups in total. The summed E-state index contributed by atoms with van der Waals surface area (Å²) in [5.74, 6) is 0. The molecule has 3 nitrogen and oxygen atoms in total. The third-order valence-electron chi connectivity index (χ3n) is 4.54. The smallest absolute Gasteiger partial charge is 0.336 e. The summed E-state index contributed by atoms with van der Waals surface area (Å²) >= 11 is 1.78. The Morgan fingerprint density at radius 1 is 1.08 bits per heavy atom. The highest BCUT2D eigenvalue weighted by atomic mass is 32.1. The van der Waals surface area contributed by atoms with Crippen LogP contribution in [-0.4, -0.2) is 11.9 Å². The summed E-state index contributed by atoms with van der Waals surface area (Å²) in [4.78, 5) is 15.6. The van der Waals surface area contributed by atoms with E-state index < -0.39 is 0 Å². The Hall–Kier alpha value is -2.43. The van der Waals surface area contributed by atoms with E-state index in [-0.39, 0.29) is 5.63 Å². The van der Waals surface area contributed by atoms with Gasteiger partial charge in [0.15, 0.2) is 0 Å². The molecule has 4 heteroatoms. The minimum Gasteiger partial charge on any atom is -0.423 e. The van der Waals surface area contributed by atoms with Gasteiger partial charge < -0.3 is 4.42 Å². The molecule has 2 aromatic carbocycles. The fourth-order valence-electron chi connectivity index (χ4n) is 3.30. The normalized spacial score (nSPS) is 11.6. The molecule has 0 unspecified atom stereocenters. The molecule has 0 spiro atoms. The Morgan fingerprint density at radius 3 is 2.72 bits per heavy atom. The van der Waals surface area contributed by atoms with Crippen molar-refractivity contribution < 1.29 is 4.42 Å². The largest absolute Gasteiger partial charge is 0.423 e. The number of fused-ring (bicyclic) bond motifs is 3. The quantitative estimate of drug-likeness (QED) is 0.386. The summed E-state index contributed by atoms with van der Waals surface area (Å²) in [5.41, 5.74) is 2.69. The van der Waals surface area contributed by atoms with Gasteiger partial charge in [-0.15, -0.1) is 11.3 Å². The van der Waals surface area contributed by atoms with Gasteiger partial charge in [0.05, 0.1) is 0 Å². The molecule has 0 amide bonds. The fraction of sp³-hybridized carbons (Fsp3) is 0.190. The number of aryl methyl sites for hydroxylation is 1. The number of rotatable bonds is 4. The third kappa shape index (κ3) is 3.11. The van der Waals surface area contributed by atoms with Crippen molar-refractivity contribution in [1.82, 2.24) is 4.90 Å². The lowest BCUT2D eigenvalue weighted by atomic mass is 10.0. The van der Waals surface area contributed by atoms with E-state index in [0.29, 0.717) is 12.1 Å². The standard InChI is InChI=1S/C21H19NO2S/c1-14-9-10-25-19(14)13-22(2)12-16-11-20(23)24-18-8-7-15-5-3-4-6-17(15)21(16)18/h3-11H,12-13H2,1-2H3. The van der Waals surface area contributed by atoms with Gasteiger partial charge in [-0.3, -0.25) is 4.90 Å². The Morgan fingerprint density at radius 2 is 1.92 bits per heavy atom. The van der Waals surface area contributed by atoms with Gasteiger partial charge >= 0.3 is 5.63 Å². The van der Waals surface area contributed by atoms with Crippen LogP contribution in [0.1, 0.15) is 16.0 Å². The predicted molar refractivity (Wildman–Crippen MR) is 104 cm³/mol. The van der Waals surface area contributed by atoms with E-state index >= 15 is 0 Å². The molecule has 2 aromatic heterocycles. The van der Waals surface area contributed by atoms with Crippen LogP contribution in [0.3, 0.4) is 0 Å². The van der Waals surface area contributed by atoms with Gasteiger partial charge in [0.25, 0.3) is 0 Å². The van der Waals surface area contributed by atoms with Gasteiger partial charge in [0.1, 0.15) is 5.58 Å². The summed E-state index contributed by atoms with van der Waals surface area (Å²) in [7, 11) is 2.09. The number of nitrogens with zero attached hydrogens (tertiary/aromatic N) is 1. The van der Waals surface area contributed by atoms with Crippen LogP contribution in [0.25, 0.3) is 21.7 Å². The summed E-state index contributed by atoms with van der Waals surface area (Å²) < 4.78 is 5.44. The average Bonchev–Trinajstić information content (AvgIpc) is 2.99. The van der Waals surface area contributed by atoms with Crippen molar-refractivity contribution in [3.05, 3.63) is 80.3 Å². The fourth-order valence-corrected chi connectivity index (χ4v) is 4.29. The summed E-state index contributed by atoms with van der Waals surface area (Å²) in [6, 6.07) is 15.9. The molecule has 126 valence electrons. The van der Waals surface area contributed by atoms with Crippen molar-refractivity contribution in [3.8, 4) is 0 Å². The van der Waals surface area contributed by atoms with Crippen LogP contribution in [-0.2, 0) is 13.1 Å². The minimum absolute atomic E-state index is 0.293. The lowest BCUT2D eigenvalue weighted by molar-refractivity contribution is 0.322. The van der Waals surface area contributed by atoms with Crippen LogP contribution in [0, 0.1) is 6.92 Å². The Labute approximate surface area is 150 Å². The van der Waals surface area contributed by atoms with Crippen LogP contribution in [0.4, 0.5) is 0 Å². The van der Waals surface area contributed by atoms with Crippen molar-refractivity contribution in [3.63, 3.8) is 0 Å². The molecule has 0 atom stereocenters. The molecular formula is C21H19NO2S. The lowest BCUT2D eigenvalue weighted by Gasteiger charge is -2.18. The van der Waals surface area contributed by atoms with E-state index in [0.717, 1.165) is 28.3 Å². The van der Waals surface area contributed by atoms with Gasteiger partial charge in [0.2, 0.25) is 0 Å². The molecule has 0 saturated heterocycles. The van der Waals surface area contributed by atoms with E-state index in [1.165, 1.54) is 10.4 Å². The monoisotopic (exact) mass is 349 g/mol. The minimum atomic E-state index is -0.293. The molecule has 0 aliphatic rings. The zero-order valence-corrected chi connectivity index (χ0v) is 15.1. The van der Waals surface area contributed by atoms with Crippen LogP contribution >= 0.6 is 11.3 Å². The Balaban J connectivity index is 1.79. The van der Waals surface area contributed by atoms with Crippen LogP contribution in [0.2, 0.25) is 0 Å². The molecule has 0 radical (unpaired) electrons. The number of hydrogen-bond donors (Lipinski definition) is 0. The Bertz CT molecular complexity index is 1110. The van der Waals surface area contributed by atoms with Crippen LogP contribution in [0.5, 0.6) is 0 Å². The molecule has 4 aromatic rings. The molecule has 4 rings (SSSR count). The zero-order valence-electron chi connectivity index (χ0n) is 14.3. The van der Waals surface area contributed by atoms with Gasteiger partial charge in [-0.1, -0.05) is 30.3 Å². The Kier molecular flexibility index (Phi) is 4.15. The number of thiophene rings is 1. The first-order valence-electron chi connectivity index (χ1n) is 8.28. The van der Waals surface area contributed by atoms with Crippen LogP contribution in [0.15, 0.2) is 63.1 Å². The summed E-state index contributed by atoms with van der Waals surface area (Å²) in [6.07, 6.45) is 0. The first kappa shape index (κ1) is 16.1. The molecule has 0 aliphatic carbocycles. The first-order valence-corrected chi connectivity index (χ1v) is 9.16. The first-order chi connectivity index (χ1) is 12.1. The highest BCUT2D eigenvalue weighted by Crippen LogP contribution is 2.28. The molecule has 0 aliphatic heterocycles. The van der Waals surface area contributed by atoms with E-state index in [1.54, 1.807) is 17.4 Å². The topological polar surface area (TPSA) is 33.5 Å². The molecule has 0 fully saturated rings. The highest BCUT2D eigenvalue weighted by molar-refractivity contribution is 7.10. The molecule has 2 heterocycles. The second-order valence-electron chi connectivity index (χ2n) is 6.45. The van der Waals surface area contributed by atoms with Crippen molar-refractivity contribution in [2.75, 3.05) is 7.05 Å². The van der Waals surface area contributed by atoms with E-state index in [2.05, 4.69) is 42.5 Å². The maximum atomic E-state index is 12.0. The molecular weight excluding hydrogens is 330 g/mol. The average molecular weight is 349 g/mol. The van der Waals surface area contributed by atoms with Gasteiger partial charge in [-0.2, -0.15) is 0 Å².